The van der Waals surface area contributed by atoms with Crippen molar-refractivity contribution in [3.05, 3.63) is 5.01 Å². The van der Waals surface area contributed by atoms with Gasteiger partial charge in [-0.25, -0.2) is 4.79 Å². The molecule has 0 unspecified atom stereocenters. The Hall–Kier alpha value is -2.11. The van der Waals surface area contributed by atoms with Crippen LogP contribution in [-0.4, -0.2) is 76.7 Å². The van der Waals surface area contributed by atoms with Gasteiger partial charge in [-0.2, -0.15) is 0 Å². The van der Waals surface area contributed by atoms with Crippen LogP contribution >= 0.6 is 11.3 Å². The predicted octanol–water partition coefficient (Wildman–Crippen LogP) is 0.665. The van der Waals surface area contributed by atoms with E-state index in [0.717, 1.165) is 24.5 Å². The highest BCUT2D eigenvalue weighted by Gasteiger charge is 2.52. The maximum absolute atomic E-state index is 12.9. The number of piperidine rings is 1. The molecular weight excluding hydrogens is 384 g/mol. The van der Waals surface area contributed by atoms with Gasteiger partial charge in [0.05, 0.1) is 0 Å². The standard InChI is InChI=1S/C17H26N6O4S/c1-11(2)8-22-6-4-17(5-7-22)14(25)23(16(26)19-17)9-12(24)18-15-21-20-13(28-15)10-27-3/h11H,4-10H2,1-3H3,(H,19,26)(H,18,21,24). The minimum absolute atomic E-state index is 0.302. The quantitative estimate of drug-likeness (QED) is 0.634. The van der Waals surface area contributed by atoms with Gasteiger partial charge in [-0.15, -0.1) is 10.2 Å². The van der Waals surface area contributed by atoms with Crippen LogP contribution in [0.25, 0.3) is 0 Å². The van der Waals surface area contributed by atoms with Crippen molar-refractivity contribution in [2.45, 2.75) is 38.8 Å². The third kappa shape index (κ3) is 4.47. The molecule has 0 saturated carbocycles. The summed E-state index contributed by atoms with van der Waals surface area (Å²) in [5.41, 5.74) is -0.890. The number of imide groups is 1. The summed E-state index contributed by atoms with van der Waals surface area (Å²) in [7, 11) is 1.54. The number of hydrogen-bond donors (Lipinski definition) is 2. The first-order chi connectivity index (χ1) is 13.3. The second-order valence-electron chi connectivity index (χ2n) is 7.58. The number of hydrogen-bond acceptors (Lipinski definition) is 8. The van der Waals surface area contributed by atoms with E-state index in [1.807, 2.05) is 0 Å². The van der Waals surface area contributed by atoms with Crippen molar-refractivity contribution in [3.8, 4) is 0 Å². The highest BCUT2D eigenvalue weighted by Crippen LogP contribution is 2.29. The van der Waals surface area contributed by atoms with E-state index in [2.05, 4.69) is 39.6 Å². The number of nitrogens with zero attached hydrogens (tertiary/aromatic N) is 4. The molecule has 1 aromatic heterocycles. The average molecular weight is 411 g/mol. The average Bonchev–Trinajstić information content (AvgIpc) is 3.15. The van der Waals surface area contributed by atoms with Gasteiger partial charge in [-0.05, 0) is 18.8 Å². The Labute approximate surface area is 167 Å². The third-order valence-electron chi connectivity index (χ3n) is 4.86. The predicted molar refractivity (Wildman–Crippen MR) is 103 cm³/mol. The maximum Gasteiger partial charge on any atom is 0.325 e. The lowest BCUT2D eigenvalue weighted by molar-refractivity contribution is -0.135. The van der Waals surface area contributed by atoms with Crippen molar-refractivity contribution in [2.75, 3.05) is 38.6 Å². The van der Waals surface area contributed by atoms with Gasteiger partial charge in [0.1, 0.15) is 23.7 Å². The lowest BCUT2D eigenvalue weighted by Gasteiger charge is -2.37. The molecule has 28 heavy (non-hydrogen) atoms. The van der Waals surface area contributed by atoms with Crippen LogP contribution in [0.15, 0.2) is 0 Å². The summed E-state index contributed by atoms with van der Waals surface area (Å²) in [6, 6.07) is -0.519. The molecule has 0 aromatic carbocycles. The van der Waals surface area contributed by atoms with Gasteiger partial charge in [-0.3, -0.25) is 19.8 Å². The van der Waals surface area contributed by atoms with Crippen molar-refractivity contribution in [3.63, 3.8) is 0 Å². The van der Waals surface area contributed by atoms with Crippen molar-refractivity contribution < 1.29 is 19.1 Å². The molecule has 1 aromatic rings. The largest absolute Gasteiger partial charge is 0.377 e. The number of likely N-dealkylation sites (tertiary alicyclic amines) is 1. The lowest BCUT2D eigenvalue weighted by Crippen LogP contribution is -2.55. The number of rotatable bonds is 7. The molecule has 11 heteroatoms. The molecule has 1 spiro atoms. The summed E-state index contributed by atoms with van der Waals surface area (Å²) in [4.78, 5) is 40.8. The summed E-state index contributed by atoms with van der Waals surface area (Å²) in [6.07, 6.45) is 1.11. The molecule has 2 aliphatic heterocycles. The van der Waals surface area contributed by atoms with Gasteiger partial charge < -0.3 is 15.0 Å². The Morgan fingerprint density at radius 3 is 2.68 bits per heavy atom. The molecule has 3 rings (SSSR count). The van der Waals surface area contributed by atoms with Gasteiger partial charge in [0.2, 0.25) is 11.0 Å². The van der Waals surface area contributed by atoms with Gasteiger partial charge >= 0.3 is 6.03 Å². The molecule has 3 heterocycles. The van der Waals surface area contributed by atoms with Crippen LogP contribution in [0.2, 0.25) is 0 Å². The molecule has 0 radical (unpaired) electrons. The third-order valence-corrected chi connectivity index (χ3v) is 5.67. The van der Waals surface area contributed by atoms with Crippen LogP contribution in [0.1, 0.15) is 31.7 Å². The molecule has 154 valence electrons. The zero-order chi connectivity index (χ0) is 20.3. The fraction of sp³-hybridized carbons (Fsp3) is 0.706. The van der Waals surface area contributed by atoms with E-state index >= 15 is 0 Å². The first-order valence-corrected chi connectivity index (χ1v) is 10.1. The molecule has 10 nitrogen and oxygen atoms in total. The molecule has 2 N–H and O–H groups in total. The Morgan fingerprint density at radius 2 is 2.04 bits per heavy atom. The van der Waals surface area contributed by atoms with E-state index in [4.69, 9.17) is 4.74 Å². The summed E-state index contributed by atoms with van der Waals surface area (Å²) in [6.45, 7) is 6.73. The lowest BCUT2D eigenvalue weighted by atomic mass is 9.87. The van der Waals surface area contributed by atoms with E-state index in [9.17, 15) is 14.4 Å². The molecular formula is C17H26N6O4S. The summed E-state index contributed by atoms with van der Waals surface area (Å²) in [5.74, 6) is -0.264. The zero-order valence-electron chi connectivity index (χ0n) is 16.4. The van der Waals surface area contributed by atoms with E-state index in [1.165, 1.54) is 11.3 Å². The highest BCUT2D eigenvalue weighted by atomic mass is 32.1. The second-order valence-corrected chi connectivity index (χ2v) is 8.64. The van der Waals surface area contributed by atoms with Gasteiger partial charge in [0, 0.05) is 26.7 Å². The fourth-order valence-corrected chi connectivity index (χ4v) is 4.31. The molecule has 2 aliphatic rings. The van der Waals surface area contributed by atoms with E-state index in [1.54, 1.807) is 7.11 Å². The van der Waals surface area contributed by atoms with Crippen LogP contribution in [0.5, 0.6) is 0 Å². The monoisotopic (exact) mass is 410 g/mol. The van der Waals surface area contributed by atoms with Crippen LogP contribution in [0.3, 0.4) is 0 Å². The number of amides is 4. The first kappa shape index (κ1) is 20.6. The first-order valence-electron chi connectivity index (χ1n) is 9.30. The van der Waals surface area contributed by atoms with Crippen molar-refractivity contribution in [2.24, 2.45) is 5.92 Å². The molecule has 2 saturated heterocycles. The fourth-order valence-electron chi connectivity index (χ4n) is 3.58. The van der Waals surface area contributed by atoms with Gasteiger partial charge in [0.15, 0.2) is 0 Å². The smallest absolute Gasteiger partial charge is 0.325 e. The number of anilines is 1. The van der Waals surface area contributed by atoms with E-state index in [0.29, 0.717) is 35.5 Å². The summed E-state index contributed by atoms with van der Waals surface area (Å²) < 4.78 is 4.96. The summed E-state index contributed by atoms with van der Waals surface area (Å²) >= 11 is 1.18. The number of methoxy groups -OCH3 is 1. The molecule has 0 aliphatic carbocycles. The van der Waals surface area contributed by atoms with E-state index < -0.39 is 17.5 Å². The molecule has 0 atom stereocenters. The Kier molecular flexibility index (Phi) is 6.26. The number of urea groups is 1. The van der Waals surface area contributed by atoms with Crippen molar-refractivity contribution >= 4 is 34.3 Å². The topological polar surface area (TPSA) is 117 Å². The van der Waals surface area contributed by atoms with E-state index in [-0.39, 0.29) is 12.5 Å². The van der Waals surface area contributed by atoms with Gasteiger partial charge in [-0.1, -0.05) is 25.2 Å². The molecule has 0 bridgehead atoms. The normalized spacial score (nSPS) is 19.5. The van der Waals surface area contributed by atoms with Crippen molar-refractivity contribution in [1.82, 2.24) is 25.3 Å². The number of aromatic nitrogens is 2. The maximum atomic E-state index is 12.9. The summed E-state index contributed by atoms with van der Waals surface area (Å²) in [5, 5.41) is 14.1. The molecule has 4 amide bonds. The van der Waals surface area contributed by atoms with Crippen LogP contribution in [0.4, 0.5) is 9.93 Å². The van der Waals surface area contributed by atoms with Crippen LogP contribution in [0, 0.1) is 5.92 Å². The van der Waals surface area contributed by atoms with Crippen molar-refractivity contribution in [1.29, 1.82) is 0 Å². The number of nitrogens with one attached hydrogen (secondary N) is 2. The minimum atomic E-state index is -0.890. The number of carbonyl (C=O) groups is 3. The minimum Gasteiger partial charge on any atom is -0.377 e. The highest BCUT2D eigenvalue weighted by molar-refractivity contribution is 7.15. The van der Waals surface area contributed by atoms with Crippen LogP contribution in [-0.2, 0) is 20.9 Å². The Bertz CT molecular complexity index is 744. The SMILES string of the molecule is COCc1nnc(NC(=O)CN2C(=O)NC3(CCN(CC(C)C)CC3)C2=O)s1. The number of carbonyl (C=O) groups excluding carboxylic acids is 3. The zero-order valence-corrected chi connectivity index (χ0v) is 17.2. The molecule has 2 fully saturated rings. The second kappa shape index (κ2) is 8.50. The number of ether oxygens (including phenoxy) is 1. The van der Waals surface area contributed by atoms with Crippen LogP contribution < -0.4 is 10.6 Å². The van der Waals surface area contributed by atoms with Gasteiger partial charge in [0.25, 0.3) is 5.91 Å². The Morgan fingerprint density at radius 1 is 1.32 bits per heavy atom. The Balaban J connectivity index is 1.57.